The van der Waals surface area contributed by atoms with E-state index in [2.05, 4.69) is 9.46 Å². The predicted octanol–water partition coefficient (Wildman–Crippen LogP) is 3.54. The highest BCUT2D eigenvalue weighted by Gasteiger charge is 2.34. The smallest absolute Gasteiger partial charge is 0.387 e. The van der Waals surface area contributed by atoms with E-state index < -0.39 is 28.2 Å². The van der Waals surface area contributed by atoms with Crippen LogP contribution in [0.1, 0.15) is 37.4 Å². The summed E-state index contributed by atoms with van der Waals surface area (Å²) in [4.78, 5) is 25.5. The fourth-order valence-corrected chi connectivity index (χ4v) is 4.68. The van der Waals surface area contributed by atoms with Crippen LogP contribution in [0, 0.1) is 0 Å². The highest BCUT2D eigenvalue weighted by Crippen LogP contribution is 2.31. The Morgan fingerprint density at radius 1 is 0.806 bits per heavy atom. The normalized spacial score (nSPS) is 13.1. The molecule has 6 nitrogen and oxygen atoms in total. The van der Waals surface area contributed by atoms with Gasteiger partial charge >= 0.3 is 6.61 Å². The molecule has 158 valence electrons. The number of halogens is 2. The summed E-state index contributed by atoms with van der Waals surface area (Å²) in [6, 6.07) is 15.9. The average Bonchev–Trinajstić information content (AvgIpc) is 2.76. The number of alkyl halides is 2. The van der Waals surface area contributed by atoms with Crippen molar-refractivity contribution >= 4 is 21.6 Å². The Morgan fingerprint density at radius 3 is 2.13 bits per heavy atom. The summed E-state index contributed by atoms with van der Waals surface area (Å²) in [6.45, 7) is -3.42. The Labute approximate surface area is 176 Å². The van der Waals surface area contributed by atoms with Gasteiger partial charge < -0.3 is 4.74 Å². The molecule has 3 aromatic carbocycles. The number of sulfonamides is 1. The van der Waals surface area contributed by atoms with E-state index in [1.54, 1.807) is 18.2 Å². The van der Waals surface area contributed by atoms with Crippen molar-refractivity contribution in [3.63, 3.8) is 0 Å². The molecule has 0 saturated carbocycles. The highest BCUT2D eigenvalue weighted by atomic mass is 32.2. The Kier molecular flexibility index (Phi) is 5.38. The van der Waals surface area contributed by atoms with Crippen molar-refractivity contribution in [2.24, 2.45) is 0 Å². The number of hydrogen-bond donors (Lipinski definition) is 1. The van der Waals surface area contributed by atoms with E-state index in [0.29, 0.717) is 0 Å². The van der Waals surface area contributed by atoms with Crippen LogP contribution in [0.15, 0.2) is 71.6 Å². The first-order chi connectivity index (χ1) is 14.8. The van der Waals surface area contributed by atoms with Crippen LogP contribution < -0.4 is 9.46 Å². The third kappa shape index (κ3) is 3.85. The van der Waals surface area contributed by atoms with Crippen molar-refractivity contribution < 1.29 is 31.5 Å². The molecule has 3 aromatic rings. The molecule has 4 rings (SSSR count). The number of rotatable bonds is 6. The molecule has 0 spiro atoms. The van der Waals surface area contributed by atoms with Gasteiger partial charge in [0.25, 0.3) is 0 Å². The zero-order chi connectivity index (χ0) is 22.2. The van der Waals surface area contributed by atoms with Crippen LogP contribution in [0.25, 0.3) is 0 Å². The van der Waals surface area contributed by atoms with Gasteiger partial charge in [-0.2, -0.15) is 8.78 Å². The quantitative estimate of drug-likeness (QED) is 0.492. The number of nitrogens with one attached hydrogen (secondary N) is 1. The number of fused-ring (bicyclic) bond motifs is 2. The van der Waals surface area contributed by atoms with E-state index in [1.165, 1.54) is 48.5 Å². The molecule has 0 fully saturated rings. The minimum atomic E-state index is -4.27. The van der Waals surface area contributed by atoms with Crippen LogP contribution in [0.2, 0.25) is 0 Å². The zero-order valence-corrected chi connectivity index (χ0v) is 16.7. The van der Waals surface area contributed by atoms with E-state index in [4.69, 9.17) is 0 Å². The largest absolute Gasteiger partial charge is 0.434 e. The van der Waals surface area contributed by atoms with Gasteiger partial charge in [-0.25, -0.2) is 13.1 Å². The first kappa shape index (κ1) is 20.8. The maximum absolute atomic E-state index is 13.0. The fourth-order valence-electron chi connectivity index (χ4n) is 3.45. The van der Waals surface area contributed by atoms with E-state index >= 15 is 0 Å². The standard InChI is InChI=1S/C22H15F2NO5S/c23-22(24)30-17-10-4-1-6-13(17)12-25-31(28,29)18-11-5-9-16-19(18)21(27)15-8-3-2-7-14(15)20(16)26/h1-11,22,25H,12H2. The van der Waals surface area contributed by atoms with Crippen molar-refractivity contribution in [1.82, 2.24) is 4.72 Å². The minimum absolute atomic E-state index is 0.00647. The monoisotopic (exact) mass is 443 g/mol. The van der Waals surface area contributed by atoms with Gasteiger partial charge in [-0.3, -0.25) is 9.59 Å². The lowest BCUT2D eigenvalue weighted by atomic mass is 9.84. The van der Waals surface area contributed by atoms with Crippen LogP contribution in [0.5, 0.6) is 5.75 Å². The van der Waals surface area contributed by atoms with Crippen molar-refractivity contribution in [3.8, 4) is 5.75 Å². The van der Waals surface area contributed by atoms with Crippen LogP contribution >= 0.6 is 0 Å². The maximum Gasteiger partial charge on any atom is 0.387 e. The van der Waals surface area contributed by atoms with Crippen LogP contribution in [0.3, 0.4) is 0 Å². The zero-order valence-electron chi connectivity index (χ0n) is 15.8. The predicted molar refractivity (Wildman–Crippen MR) is 107 cm³/mol. The van der Waals surface area contributed by atoms with E-state index in [9.17, 15) is 26.8 Å². The molecule has 0 heterocycles. The van der Waals surface area contributed by atoms with Crippen molar-refractivity contribution in [2.45, 2.75) is 18.1 Å². The van der Waals surface area contributed by atoms with Gasteiger partial charge in [0, 0.05) is 28.8 Å². The summed E-state index contributed by atoms with van der Waals surface area (Å²) in [7, 11) is -4.27. The molecular weight excluding hydrogens is 428 g/mol. The maximum atomic E-state index is 13.0. The van der Waals surface area contributed by atoms with Gasteiger partial charge in [0.2, 0.25) is 10.0 Å². The summed E-state index contributed by atoms with van der Waals surface area (Å²) in [5, 5.41) is 0. The highest BCUT2D eigenvalue weighted by molar-refractivity contribution is 7.89. The first-order valence-corrected chi connectivity index (χ1v) is 10.6. The number of benzene rings is 3. The lowest BCUT2D eigenvalue weighted by Gasteiger charge is -2.20. The average molecular weight is 443 g/mol. The van der Waals surface area contributed by atoms with Crippen molar-refractivity contribution in [1.29, 1.82) is 0 Å². The molecule has 1 N–H and O–H groups in total. The number of para-hydroxylation sites is 1. The summed E-state index contributed by atoms with van der Waals surface area (Å²) >= 11 is 0. The van der Waals surface area contributed by atoms with Gasteiger partial charge in [-0.1, -0.05) is 54.6 Å². The number of hydrogen-bond acceptors (Lipinski definition) is 5. The Balaban J connectivity index is 1.70. The van der Waals surface area contributed by atoms with Crippen LogP contribution in [-0.4, -0.2) is 26.6 Å². The molecular formula is C22H15F2NO5S. The van der Waals surface area contributed by atoms with Gasteiger partial charge in [-0.05, 0) is 12.1 Å². The van der Waals surface area contributed by atoms with Gasteiger partial charge in [0.15, 0.2) is 11.6 Å². The molecule has 1 aliphatic carbocycles. The summed E-state index contributed by atoms with van der Waals surface area (Å²) in [5.74, 6) is -1.19. The molecule has 0 saturated heterocycles. The molecule has 0 aromatic heterocycles. The van der Waals surface area contributed by atoms with Gasteiger partial charge in [0.1, 0.15) is 5.75 Å². The Hall–Kier alpha value is -3.43. The van der Waals surface area contributed by atoms with E-state index in [-0.39, 0.29) is 45.0 Å². The minimum Gasteiger partial charge on any atom is -0.434 e. The number of ketones is 2. The first-order valence-electron chi connectivity index (χ1n) is 9.13. The summed E-state index contributed by atoms with van der Waals surface area (Å²) < 4.78 is 57.9. The second-order valence-corrected chi connectivity index (χ2v) is 8.43. The molecule has 0 bridgehead atoms. The van der Waals surface area contributed by atoms with Gasteiger partial charge in [0.05, 0.1) is 10.5 Å². The van der Waals surface area contributed by atoms with Crippen LogP contribution in [-0.2, 0) is 16.6 Å². The number of ether oxygens (including phenoxy) is 1. The molecule has 0 atom stereocenters. The molecule has 1 aliphatic rings. The van der Waals surface area contributed by atoms with E-state index in [1.807, 2.05) is 0 Å². The SMILES string of the molecule is O=C1c2ccccc2C(=O)c2c1cccc2S(=O)(=O)NCc1ccccc1OC(F)F. The van der Waals surface area contributed by atoms with Gasteiger partial charge in [-0.15, -0.1) is 0 Å². The molecule has 31 heavy (non-hydrogen) atoms. The van der Waals surface area contributed by atoms with Crippen molar-refractivity contribution in [3.05, 3.63) is 94.5 Å². The topological polar surface area (TPSA) is 89.5 Å². The Morgan fingerprint density at radius 2 is 1.42 bits per heavy atom. The molecule has 0 radical (unpaired) electrons. The summed E-state index contributed by atoms with van der Waals surface area (Å²) in [6.07, 6.45) is 0. The Bertz CT molecular complexity index is 1300. The summed E-state index contributed by atoms with van der Waals surface area (Å²) in [5.41, 5.74) is 0.298. The number of carbonyl (C=O) groups is 2. The lowest BCUT2D eigenvalue weighted by Crippen LogP contribution is -2.29. The van der Waals surface area contributed by atoms with Crippen molar-refractivity contribution in [2.75, 3.05) is 0 Å². The fraction of sp³-hybridized carbons (Fsp3) is 0.0909. The third-order valence-electron chi connectivity index (χ3n) is 4.85. The second-order valence-electron chi connectivity index (χ2n) is 6.69. The van der Waals surface area contributed by atoms with Crippen LogP contribution in [0.4, 0.5) is 8.78 Å². The van der Waals surface area contributed by atoms with E-state index in [0.717, 1.165) is 0 Å². The molecule has 9 heteroatoms. The molecule has 0 aliphatic heterocycles. The third-order valence-corrected chi connectivity index (χ3v) is 6.29. The number of carbonyl (C=O) groups excluding carboxylic acids is 2. The lowest BCUT2D eigenvalue weighted by molar-refractivity contribution is -0.0504. The second kappa shape index (κ2) is 8.01. The molecule has 0 amide bonds. The molecule has 0 unspecified atom stereocenters.